The van der Waals surface area contributed by atoms with Gasteiger partial charge in [0.2, 0.25) is 11.9 Å². The van der Waals surface area contributed by atoms with Crippen LogP contribution in [0.5, 0.6) is 0 Å². The smallest absolute Gasteiger partial charge is 0.270 e. The van der Waals surface area contributed by atoms with Crippen molar-refractivity contribution < 1.29 is 14.2 Å². The first-order valence-corrected chi connectivity index (χ1v) is 7.84. The number of nitrogens with zero attached hydrogens (tertiary/aromatic N) is 6. The van der Waals surface area contributed by atoms with Crippen LogP contribution in [0.15, 0.2) is 34.9 Å². The average molecular weight is 329 g/mol. The van der Waals surface area contributed by atoms with Gasteiger partial charge in [-0.2, -0.15) is 0 Å². The van der Waals surface area contributed by atoms with E-state index < -0.39 is 6.04 Å². The zero-order chi connectivity index (χ0) is 17.4. The lowest BCUT2D eigenvalue weighted by molar-refractivity contribution is -0.527. The number of carbonyl (C=O) groups is 2. The molecule has 3 rings (SSSR count). The Morgan fingerprint density at radius 3 is 2.79 bits per heavy atom. The summed E-state index contributed by atoms with van der Waals surface area (Å²) in [5.41, 5.74) is 0.891. The van der Waals surface area contributed by atoms with Crippen molar-refractivity contribution >= 4 is 29.4 Å². The van der Waals surface area contributed by atoms with Gasteiger partial charge < -0.3 is 0 Å². The maximum Gasteiger partial charge on any atom is 0.417 e. The van der Waals surface area contributed by atoms with Crippen molar-refractivity contribution in [3.8, 4) is 0 Å². The summed E-state index contributed by atoms with van der Waals surface area (Å²) in [5, 5.41) is 6.27. The first-order valence-electron chi connectivity index (χ1n) is 7.84. The molecule has 0 aromatic carbocycles. The quantitative estimate of drug-likeness (QED) is 0.556. The second-order valence-electron chi connectivity index (χ2n) is 5.87. The van der Waals surface area contributed by atoms with Crippen LogP contribution in [0.1, 0.15) is 13.8 Å². The molecule has 1 fully saturated rings. The highest BCUT2D eigenvalue weighted by Crippen LogP contribution is 2.22. The average Bonchev–Trinajstić information content (AvgIpc) is 2.94. The van der Waals surface area contributed by atoms with Gasteiger partial charge in [-0.1, -0.05) is 23.2 Å². The standard InChI is InChI=1S/C16H21N6O2/c1-5-7-9-22-15-17-13-12(21(15)10-11(3)18-22)14(23)20(8-6-2)16(24)19(13)4/h5-7,12H,2,8-10H2,1,3-4H3/q+1/b7-5+. The third-order valence-electron chi connectivity index (χ3n) is 4.14. The molecule has 0 spiro atoms. The van der Waals surface area contributed by atoms with Crippen molar-refractivity contribution in [1.29, 1.82) is 0 Å². The Bertz CT molecular complexity index is 733. The van der Waals surface area contributed by atoms with Crippen molar-refractivity contribution in [1.82, 2.24) is 14.8 Å². The van der Waals surface area contributed by atoms with Gasteiger partial charge in [-0.3, -0.25) is 14.6 Å². The molecule has 3 heterocycles. The Kier molecular flexibility index (Phi) is 4.04. The molecular formula is C16H21N6O2+. The molecule has 24 heavy (non-hydrogen) atoms. The summed E-state index contributed by atoms with van der Waals surface area (Å²) in [6, 6.07) is -0.978. The van der Waals surface area contributed by atoms with E-state index in [0.29, 0.717) is 24.9 Å². The zero-order valence-electron chi connectivity index (χ0n) is 14.1. The number of carbonyl (C=O) groups excluding carboxylic acids is 2. The van der Waals surface area contributed by atoms with Crippen LogP contribution in [0.3, 0.4) is 0 Å². The van der Waals surface area contributed by atoms with E-state index in [1.165, 1.54) is 9.80 Å². The number of aliphatic imine (C=N–C) groups is 1. The van der Waals surface area contributed by atoms with Crippen LogP contribution in [0.4, 0.5) is 4.79 Å². The summed E-state index contributed by atoms with van der Waals surface area (Å²) < 4.78 is 1.91. The monoisotopic (exact) mass is 329 g/mol. The van der Waals surface area contributed by atoms with Crippen molar-refractivity contribution in [3.05, 3.63) is 24.8 Å². The van der Waals surface area contributed by atoms with E-state index in [1.807, 2.05) is 30.6 Å². The maximum atomic E-state index is 12.9. The van der Waals surface area contributed by atoms with Crippen LogP contribution >= 0.6 is 0 Å². The Morgan fingerprint density at radius 1 is 1.38 bits per heavy atom. The SMILES string of the molecule is C=CCN1C(=O)C2C(=NC3=[N+]2CC(C)=NN3C/C=C/C)N(C)C1=O. The lowest BCUT2D eigenvalue weighted by atomic mass is 10.1. The number of hydrogen-bond acceptors (Lipinski definition) is 5. The van der Waals surface area contributed by atoms with Crippen LogP contribution in [-0.4, -0.2) is 81.6 Å². The number of hydrogen-bond donors (Lipinski definition) is 0. The van der Waals surface area contributed by atoms with E-state index in [9.17, 15) is 9.59 Å². The molecule has 0 aromatic rings. The zero-order valence-corrected chi connectivity index (χ0v) is 14.1. The fraction of sp³-hybridized carbons (Fsp3) is 0.438. The van der Waals surface area contributed by atoms with Gasteiger partial charge in [0.25, 0.3) is 5.91 Å². The van der Waals surface area contributed by atoms with Crippen molar-refractivity contribution in [3.63, 3.8) is 0 Å². The number of fused-ring (bicyclic) bond motifs is 2. The Morgan fingerprint density at radius 2 is 2.12 bits per heavy atom. The molecule has 0 bridgehead atoms. The predicted molar refractivity (Wildman–Crippen MR) is 91.1 cm³/mol. The number of hydrazone groups is 1. The van der Waals surface area contributed by atoms with E-state index >= 15 is 0 Å². The van der Waals surface area contributed by atoms with Crippen molar-refractivity contribution in [2.75, 3.05) is 26.7 Å². The molecule has 3 aliphatic rings. The molecule has 0 radical (unpaired) electrons. The molecule has 3 amide bonds. The van der Waals surface area contributed by atoms with Crippen molar-refractivity contribution in [2.45, 2.75) is 19.9 Å². The molecular weight excluding hydrogens is 308 g/mol. The fourth-order valence-electron chi connectivity index (χ4n) is 3.03. The predicted octanol–water partition coefficient (Wildman–Crippen LogP) is 0.483. The summed E-state index contributed by atoms with van der Waals surface area (Å²) in [4.78, 5) is 32.5. The number of rotatable bonds is 4. The molecule has 1 atom stereocenters. The molecule has 0 N–H and O–H groups in total. The minimum atomic E-state index is -0.596. The van der Waals surface area contributed by atoms with Crippen LogP contribution in [0, 0.1) is 0 Å². The molecule has 1 unspecified atom stereocenters. The summed E-state index contributed by atoms with van der Waals surface area (Å²) in [5.74, 6) is 0.787. The minimum Gasteiger partial charge on any atom is -0.270 e. The lowest BCUT2D eigenvalue weighted by Gasteiger charge is -2.33. The second-order valence-corrected chi connectivity index (χ2v) is 5.87. The van der Waals surface area contributed by atoms with Gasteiger partial charge in [-0.15, -0.1) is 16.7 Å². The summed E-state index contributed by atoms with van der Waals surface area (Å²) in [6.45, 7) is 8.73. The van der Waals surface area contributed by atoms with Gasteiger partial charge in [0.15, 0.2) is 0 Å². The molecule has 8 nitrogen and oxygen atoms in total. The number of amidine groups is 1. The fourth-order valence-corrected chi connectivity index (χ4v) is 3.03. The number of likely N-dealkylation sites (N-methyl/N-ethyl adjacent to an activating group) is 1. The van der Waals surface area contributed by atoms with E-state index in [0.717, 1.165) is 5.71 Å². The summed E-state index contributed by atoms with van der Waals surface area (Å²) >= 11 is 0. The lowest BCUT2D eigenvalue weighted by Crippen LogP contribution is -2.63. The van der Waals surface area contributed by atoms with Gasteiger partial charge in [0.05, 0.1) is 5.71 Å². The number of imide groups is 1. The Hall–Kier alpha value is -2.77. The Balaban J connectivity index is 2.02. The molecule has 3 aliphatic heterocycles. The second kappa shape index (κ2) is 6.03. The highest BCUT2D eigenvalue weighted by atomic mass is 16.2. The van der Waals surface area contributed by atoms with Crippen molar-refractivity contribution in [2.24, 2.45) is 10.1 Å². The van der Waals surface area contributed by atoms with Gasteiger partial charge >= 0.3 is 12.0 Å². The van der Waals surface area contributed by atoms with E-state index in [1.54, 1.807) is 18.1 Å². The molecule has 0 aromatic heterocycles. The van der Waals surface area contributed by atoms with Crippen LogP contribution in [0.2, 0.25) is 0 Å². The topological polar surface area (TPSA) is 71.6 Å². The minimum absolute atomic E-state index is 0.185. The van der Waals surface area contributed by atoms with Gasteiger partial charge in [-0.25, -0.2) is 9.37 Å². The largest absolute Gasteiger partial charge is 0.417 e. The van der Waals surface area contributed by atoms with Gasteiger partial charge in [0, 0.05) is 13.6 Å². The number of urea groups is 1. The third kappa shape index (κ3) is 2.34. The summed E-state index contributed by atoms with van der Waals surface area (Å²) in [6.07, 6.45) is 5.45. The first-order chi connectivity index (χ1) is 11.5. The molecule has 126 valence electrons. The highest BCUT2D eigenvalue weighted by molar-refractivity contribution is 6.23. The van der Waals surface area contributed by atoms with Crippen LogP contribution in [-0.2, 0) is 4.79 Å². The third-order valence-corrected chi connectivity index (χ3v) is 4.14. The van der Waals surface area contributed by atoms with Gasteiger partial charge in [0.1, 0.15) is 13.1 Å². The van der Waals surface area contributed by atoms with Gasteiger partial charge in [-0.05, 0) is 13.8 Å². The Labute approximate surface area is 140 Å². The molecule has 8 heteroatoms. The molecule has 0 aliphatic carbocycles. The number of guanidine groups is 1. The molecule has 1 saturated heterocycles. The van der Waals surface area contributed by atoms with E-state index in [4.69, 9.17) is 0 Å². The molecule has 0 saturated carbocycles. The first kappa shape index (κ1) is 16.1. The van der Waals surface area contributed by atoms with Crippen LogP contribution < -0.4 is 0 Å². The number of allylic oxidation sites excluding steroid dienone is 1. The highest BCUT2D eigenvalue weighted by Gasteiger charge is 2.54. The summed E-state index contributed by atoms with van der Waals surface area (Å²) in [7, 11) is 1.64. The van der Waals surface area contributed by atoms with Crippen LogP contribution in [0.25, 0.3) is 0 Å². The van der Waals surface area contributed by atoms with E-state index in [2.05, 4.69) is 16.7 Å². The maximum absolute atomic E-state index is 12.9. The number of amides is 3. The normalized spacial score (nSPS) is 23.6. The van der Waals surface area contributed by atoms with E-state index in [-0.39, 0.29) is 18.5 Å².